The second-order valence-electron chi connectivity index (χ2n) is 5.13. The molecular weight excluding hydrogens is 254 g/mol. The highest BCUT2D eigenvalue weighted by atomic mass is 16.2. The quantitative estimate of drug-likeness (QED) is 0.601. The Morgan fingerprint density at radius 2 is 2.00 bits per heavy atom. The van der Waals surface area contributed by atoms with Gasteiger partial charge in [0.25, 0.3) is 0 Å². The largest absolute Gasteiger partial charge is 0.320 e. The molecule has 2 heterocycles. The van der Waals surface area contributed by atoms with Crippen LogP contribution in [0.3, 0.4) is 0 Å². The maximum absolute atomic E-state index is 12.3. The highest BCUT2D eigenvalue weighted by Crippen LogP contribution is 2.39. The van der Waals surface area contributed by atoms with Crippen molar-refractivity contribution in [2.45, 2.75) is 19.3 Å². The van der Waals surface area contributed by atoms with Gasteiger partial charge < -0.3 is 5.73 Å². The minimum Gasteiger partial charge on any atom is -0.320 e. The molecule has 2 N–H and O–H groups in total. The first-order valence-corrected chi connectivity index (χ1v) is 6.73. The number of nitrogens with two attached hydrogens (primary N) is 1. The number of fused-ring (bicyclic) bond motifs is 2. The fraction of sp³-hybridized carbons (Fsp3) is 0.400. The SMILES string of the molecule is NCC#Cc1ccnc(N2C(=O)C3CCC(C3)C2=O)c1. The van der Waals surface area contributed by atoms with Gasteiger partial charge in [-0.05, 0) is 31.4 Å². The van der Waals surface area contributed by atoms with Crippen molar-refractivity contribution in [2.75, 3.05) is 11.4 Å². The highest BCUT2D eigenvalue weighted by molar-refractivity contribution is 6.18. The average molecular weight is 269 g/mol. The van der Waals surface area contributed by atoms with Gasteiger partial charge in [0.1, 0.15) is 5.82 Å². The summed E-state index contributed by atoms with van der Waals surface area (Å²) in [5.41, 5.74) is 6.05. The first-order chi connectivity index (χ1) is 9.70. The summed E-state index contributed by atoms with van der Waals surface area (Å²) in [5, 5.41) is 0. The van der Waals surface area contributed by atoms with Crippen molar-refractivity contribution in [3.8, 4) is 11.8 Å². The minimum absolute atomic E-state index is 0.0294. The van der Waals surface area contributed by atoms with E-state index in [-0.39, 0.29) is 30.2 Å². The molecule has 5 heteroatoms. The smallest absolute Gasteiger partial charge is 0.238 e. The lowest BCUT2D eigenvalue weighted by Gasteiger charge is -2.28. The highest BCUT2D eigenvalue weighted by Gasteiger charge is 2.46. The molecule has 1 saturated heterocycles. The van der Waals surface area contributed by atoms with Gasteiger partial charge in [-0.1, -0.05) is 11.8 Å². The van der Waals surface area contributed by atoms with E-state index in [4.69, 9.17) is 5.73 Å². The lowest BCUT2D eigenvalue weighted by Crippen LogP contribution is -2.46. The van der Waals surface area contributed by atoms with Crippen LogP contribution >= 0.6 is 0 Å². The molecule has 2 fully saturated rings. The third-order valence-electron chi connectivity index (χ3n) is 3.88. The van der Waals surface area contributed by atoms with E-state index < -0.39 is 0 Å². The molecule has 2 unspecified atom stereocenters. The molecule has 2 aliphatic rings. The lowest BCUT2D eigenvalue weighted by atomic mass is 9.97. The molecule has 20 heavy (non-hydrogen) atoms. The number of amides is 2. The van der Waals surface area contributed by atoms with E-state index in [9.17, 15) is 9.59 Å². The Morgan fingerprint density at radius 1 is 1.30 bits per heavy atom. The number of aromatic nitrogens is 1. The zero-order valence-corrected chi connectivity index (χ0v) is 11.0. The van der Waals surface area contributed by atoms with Crippen LogP contribution in [0, 0.1) is 23.7 Å². The van der Waals surface area contributed by atoms with E-state index in [0.717, 1.165) is 12.8 Å². The van der Waals surface area contributed by atoms with E-state index in [2.05, 4.69) is 16.8 Å². The number of pyridine rings is 1. The average Bonchev–Trinajstić information content (AvgIpc) is 2.91. The number of imide groups is 1. The number of hydrogen-bond donors (Lipinski definition) is 1. The predicted molar refractivity (Wildman–Crippen MR) is 73.5 cm³/mol. The molecular formula is C15H15N3O2. The molecule has 2 amide bonds. The summed E-state index contributed by atoms with van der Waals surface area (Å²) < 4.78 is 0. The molecule has 0 spiro atoms. The van der Waals surface area contributed by atoms with Gasteiger partial charge in [0.05, 0.1) is 6.54 Å². The minimum atomic E-state index is -0.125. The Balaban J connectivity index is 1.95. The van der Waals surface area contributed by atoms with Gasteiger partial charge >= 0.3 is 0 Å². The first kappa shape index (κ1) is 12.8. The Bertz CT molecular complexity index is 607. The zero-order valence-electron chi connectivity index (χ0n) is 11.0. The Labute approximate surface area is 117 Å². The summed E-state index contributed by atoms with van der Waals surface area (Å²) in [4.78, 5) is 30.0. The molecule has 0 radical (unpaired) electrons. The van der Waals surface area contributed by atoms with Gasteiger partial charge in [0.2, 0.25) is 11.8 Å². The van der Waals surface area contributed by atoms with Crippen molar-refractivity contribution in [1.29, 1.82) is 0 Å². The molecule has 3 rings (SSSR count). The Morgan fingerprint density at radius 3 is 2.65 bits per heavy atom. The Kier molecular flexibility index (Phi) is 3.25. The fourth-order valence-corrected chi connectivity index (χ4v) is 2.90. The van der Waals surface area contributed by atoms with Crippen LogP contribution in [0.25, 0.3) is 0 Å². The van der Waals surface area contributed by atoms with Crippen LogP contribution in [-0.4, -0.2) is 23.3 Å². The third kappa shape index (κ3) is 2.08. The standard InChI is InChI=1S/C15H15N3O2/c16-6-1-2-10-5-7-17-13(8-10)18-14(19)11-3-4-12(9-11)15(18)20/h5,7-8,11-12H,3-4,6,9,16H2. The summed E-state index contributed by atoms with van der Waals surface area (Å²) in [6.07, 6.45) is 3.87. The van der Waals surface area contributed by atoms with E-state index in [1.165, 1.54) is 4.90 Å². The molecule has 1 aromatic rings. The monoisotopic (exact) mass is 269 g/mol. The van der Waals surface area contributed by atoms with Gasteiger partial charge in [-0.15, -0.1) is 0 Å². The number of carbonyl (C=O) groups excluding carboxylic acids is 2. The molecule has 1 aliphatic heterocycles. The van der Waals surface area contributed by atoms with Crippen LogP contribution in [0.15, 0.2) is 18.3 Å². The molecule has 2 atom stereocenters. The number of piperidine rings is 1. The van der Waals surface area contributed by atoms with Gasteiger partial charge in [0, 0.05) is 23.6 Å². The molecule has 102 valence electrons. The van der Waals surface area contributed by atoms with E-state index in [0.29, 0.717) is 17.8 Å². The summed E-state index contributed by atoms with van der Waals surface area (Å²) >= 11 is 0. The second kappa shape index (κ2) is 5.06. The molecule has 5 nitrogen and oxygen atoms in total. The van der Waals surface area contributed by atoms with Gasteiger partial charge in [0.15, 0.2) is 0 Å². The fourth-order valence-electron chi connectivity index (χ4n) is 2.90. The lowest BCUT2D eigenvalue weighted by molar-refractivity contribution is -0.133. The van der Waals surface area contributed by atoms with E-state index >= 15 is 0 Å². The number of rotatable bonds is 1. The third-order valence-corrected chi connectivity index (χ3v) is 3.88. The second-order valence-corrected chi connectivity index (χ2v) is 5.13. The molecule has 1 aromatic heterocycles. The zero-order chi connectivity index (χ0) is 14.1. The van der Waals surface area contributed by atoms with Crippen molar-refractivity contribution < 1.29 is 9.59 Å². The van der Waals surface area contributed by atoms with Crippen molar-refractivity contribution >= 4 is 17.6 Å². The van der Waals surface area contributed by atoms with Gasteiger partial charge in [-0.3, -0.25) is 9.59 Å². The van der Waals surface area contributed by atoms with Crippen LogP contribution in [0.5, 0.6) is 0 Å². The summed E-state index contributed by atoms with van der Waals surface area (Å²) in [5.74, 6) is 5.70. The molecule has 1 aliphatic carbocycles. The van der Waals surface area contributed by atoms with Crippen LogP contribution in [0.2, 0.25) is 0 Å². The number of anilines is 1. The van der Waals surface area contributed by atoms with E-state index in [1.54, 1.807) is 18.3 Å². The number of hydrogen-bond acceptors (Lipinski definition) is 4. The maximum Gasteiger partial charge on any atom is 0.238 e. The van der Waals surface area contributed by atoms with Crippen molar-refractivity contribution in [3.05, 3.63) is 23.9 Å². The van der Waals surface area contributed by atoms with Crippen molar-refractivity contribution in [3.63, 3.8) is 0 Å². The topological polar surface area (TPSA) is 76.3 Å². The van der Waals surface area contributed by atoms with Crippen molar-refractivity contribution in [2.24, 2.45) is 17.6 Å². The van der Waals surface area contributed by atoms with Crippen LogP contribution < -0.4 is 10.6 Å². The normalized spacial score (nSPS) is 24.6. The first-order valence-electron chi connectivity index (χ1n) is 6.73. The van der Waals surface area contributed by atoms with Gasteiger partial charge in [-0.2, -0.15) is 0 Å². The van der Waals surface area contributed by atoms with E-state index in [1.807, 2.05) is 0 Å². The number of carbonyl (C=O) groups is 2. The molecule has 0 aromatic carbocycles. The van der Waals surface area contributed by atoms with Crippen LogP contribution in [-0.2, 0) is 9.59 Å². The number of nitrogens with zero attached hydrogens (tertiary/aromatic N) is 2. The summed E-state index contributed by atoms with van der Waals surface area (Å²) in [7, 11) is 0. The van der Waals surface area contributed by atoms with Gasteiger partial charge in [-0.25, -0.2) is 9.88 Å². The van der Waals surface area contributed by atoms with Crippen LogP contribution in [0.4, 0.5) is 5.82 Å². The molecule has 1 saturated carbocycles. The predicted octanol–water partition coefficient (Wildman–Crippen LogP) is 0.681. The maximum atomic E-state index is 12.3. The Hall–Kier alpha value is -2.19. The summed E-state index contributed by atoms with van der Waals surface area (Å²) in [6, 6.07) is 3.41. The van der Waals surface area contributed by atoms with Crippen LogP contribution in [0.1, 0.15) is 24.8 Å². The van der Waals surface area contributed by atoms with Crippen molar-refractivity contribution in [1.82, 2.24) is 4.98 Å². The molecule has 2 bridgehead atoms. The summed E-state index contributed by atoms with van der Waals surface area (Å²) in [6.45, 7) is 0.267.